The Balaban J connectivity index is 0.00000341. The number of hydrogen-bond acceptors (Lipinski definition) is 6. The molecule has 9 heteroatoms. The molecule has 0 bridgehead atoms. The maximum absolute atomic E-state index is 13.4. The largest absolute Gasteiger partial charge is 0.309 e. The van der Waals surface area contributed by atoms with Crippen LogP contribution in [-0.4, -0.2) is 57.6 Å². The van der Waals surface area contributed by atoms with Crippen LogP contribution in [0.2, 0.25) is 0 Å². The number of carbonyl (C=O) groups is 1. The number of thiazole rings is 1. The van der Waals surface area contributed by atoms with Crippen LogP contribution in [0.5, 0.6) is 0 Å². The molecule has 1 heterocycles. The first-order chi connectivity index (χ1) is 14.1. The van der Waals surface area contributed by atoms with Gasteiger partial charge in [0.15, 0.2) is 15.0 Å². The molecular formula is C22H28ClN3O3S2. The second-order valence-corrected chi connectivity index (χ2v) is 10.8. The molecule has 3 rings (SSSR count). The normalized spacial score (nSPS) is 11.5. The zero-order chi connectivity index (χ0) is 22.1. The van der Waals surface area contributed by atoms with Gasteiger partial charge in [0.05, 0.1) is 15.1 Å². The number of halogens is 1. The van der Waals surface area contributed by atoms with Gasteiger partial charge in [0.1, 0.15) is 0 Å². The van der Waals surface area contributed by atoms with Gasteiger partial charge in [-0.1, -0.05) is 29.5 Å². The van der Waals surface area contributed by atoms with Gasteiger partial charge < -0.3 is 4.90 Å². The third-order valence-electron chi connectivity index (χ3n) is 4.90. The third kappa shape index (κ3) is 5.83. The summed E-state index contributed by atoms with van der Waals surface area (Å²) in [6.07, 6.45) is 1.92. The topological polar surface area (TPSA) is 70.6 Å². The molecule has 0 aliphatic carbocycles. The molecule has 0 N–H and O–H groups in total. The summed E-state index contributed by atoms with van der Waals surface area (Å²) in [6, 6.07) is 10.3. The van der Waals surface area contributed by atoms with E-state index in [0.717, 1.165) is 40.6 Å². The maximum Gasteiger partial charge on any atom is 0.260 e. The van der Waals surface area contributed by atoms with Crippen LogP contribution in [-0.2, 0) is 9.84 Å². The van der Waals surface area contributed by atoms with Gasteiger partial charge in [-0.2, -0.15) is 0 Å². The quantitative estimate of drug-likeness (QED) is 0.502. The molecule has 0 saturated heterocycles. The van der Waals surface area contributed by atoms with E-state index in [1.54, 1.807) is 17.0 Å². The number of amides is 1. The molecule has 0 fully saturated rings. The van der Waals surface area contributed by atoms with Crippen LogP contribution in [0.25, 0.3) is 10.2 Å². The van der Waals surface area contributed by atoms with Crippen molar-refractivity contribution >= 4 is 54.8 Å². The zero-order valence-corrected chi connectivity index (χ0v) is 20.8. The third-order valence-corrected chi connectivity index (χ3v) is 7.23. The van der Waals surface area contributed by atoms with Crippen LogP contribution >= 0.6 is 23.7 Å². The van der Waals surface area contributed by atoms with Crippen molar-refractivity contribution in [1.29, 1.82) is 0 Å². The van der Waals surface area contributed by atoms with Gasteiger partial charge >= 0.3 is 0 Å². The van der Waals surface area contributed by atoms with Crippen LogP contribution in [0.15, 0.2) is 41.3 Å². The number of fused-ring (bicyclic) bond motifs is 1. The van der Waals surface area contributed by atoms with Gasteiger partial charge in [0.2, 0.25) is 0 Å². The molecule has 3 aromatic rings. The predicted molar refractivity (Wildman–Crippen MR) is 131 cm³/mol. The van der Waals surface area contributed by atoms with E-state index < -0.39 is 9.84 Å². The summed E-state index contributed by atoms with van der Waals surface area (Å²) >= 11 is 1.50. The molecule has 0 unspecified atom stereocenters. The average Bonchev–Trinajstić information content (AvgIpc) is 3.13. The molecule has 31 heavy (non-hydrogen) atoms. The predicted octanol–water partition coefficient (Wildman–Crippen LogP) is 4.34. The van der Waals surface area contributed by atoms with Gasteiger partial charge in [-0.25, -0.2) is 13.4 Å². The standard InChI is InChI=1S/C22H27N3O3S2.ClH/c1-15-10-11-16(2)20-19(15)23-22(29-20)25(13-7-12-24(3)4)21(26)17-8-6-9-18(14-17)30(5,27)28;/h6,8-11,14H,7,12-13H2,1-5H3;1H. The number of aromatic nitrogens is 1. The van der Waals surface area contributed by atoms with Gasteiger partial charge in [0, 0.05) is 18.4 Å². The zero-order valence-electron chi connectivity index (χ0n) is 18.4. The van der Waals surface area contributed by atoms with Crippen LogP contribution in [0, 0.1) is 13.8 Å². The van der Waals surface area contributed by atoms with E-state index in [9.17, 15) is 13.2 Å². The lowest BCUT2D eigenvalue weighted by atomic mass is 10.1. The lowest BCUT2D eigenvalue weighted by Crippen LogP contribution is -2.33. The molecule has 168 valence electrons. The maximum atomic E-state index is 13.4. The van der Waals surface area contributed by atoms with E-state index in [1.807, 2.05) is 34.0 Å². The lowest BCUT2D eigenvalue weighted by molar-refractivity contribution is 0.0986. The highest BCUT2D eigenvalue weighted by Gasteiger charge is 2.23. The summed E-state index contributed by atoms with van der Waals surface area (Å²) in [6.45, 7) is 5.38. The summed E-state index contributed by atoms with van der Waals surface area (Å²) in [5, 5.41) is 0.635. The highest BCUT2D eigenvalue weighted by Crippen LogP contribution is 2.34. The molecule has 0 radical (unpaired) electrons. The molecule has 0 aliphatic rings. The Bertz CT molecular complexity index is 1150. The molecule has 1 amide bonds. The highest BCUT2D eigenvalue weighted by molar-refractivity contribution is 7.90. The van der Waals surface area contributed by atoms with Crippen LogP contribution in [0.3, 0.4) is 0 Å². The smallest absolute Gasteiger partial charge is 0.260 e. The van der Waals surface area contributed by atoms with Gasteiger partial charge in [-0.3, -0.25) is 9.69 Å². The molecule has 1 aromatic heterocycles. The molecule has 0 saturated carbocycles. The van der Waals surface area contributed by atoms with Crippen molar-refractivity contribution in [3.63, 3.8) is 0 Å². The van der Waals surface area contributed by atoms with Crippen molar-refractivity contribution in [2.75, 3.05) is 38.3 Å². The Morgan fingerprint density at radius 2 is 1.74 bits per heavy atom. The number of benzene rings is 2. The fraction of sp³-hybridized carbons (Fsp3) is 0.364. The highest BCUT2D eigenvalue weighted by atomic mass is 35.5. The molecule has 0 atom stereocenters. The van der Waals surface area contributed by atoms with Crippen molar-refractivity contribution < 1.29 is 13.2 Å². The van der Waals surface area contributed by atoms with Crippen LogP contribution in [0.1, 0.15) is 27.9 Å². The summed E-state index contributed by atoms with van der Waals surface area (Å²) in [5.41, 5.74) is 3.44. The molecule has 6 nitrogen and oxygen atoms in total. The first-order valence-corrected chi connectivity index (χ1v) is 12.4. The minimum Gasteiger partial charge on any atom is -0.309 e. The van der Waals surface area contributed by atoms with E-state index in [2.05, 4.69) is 11.0 Å². The molecular weight excluding hydrogens is 454 g/mol. The van der Waals surface area contributed by atoms with E-state index in [4.69, 9.17) is 4.98 Å². The van der Waals surface area contributed by atoms with E-state index in [0.29, 0.717) is 17.2 Å². The second kappa shape index (κ2) is 10.1. The summed E-state index contributed by atoms with van der Waals surface area (Å²) < 4.78 is 25.0. The lowest BCUT2D eigenvalue weighted by Gasteiger charge is -2.21. The molecule has 0 spiro atoms. The first-order valence-electron chi connectivity index (χ1n) is 9.71. The number of nitrogens with zero attached hydrogens (tertiary/aromatic N) is 3. The number of anilines is 1. The summed E-state index contributed by atoms with van der Waals surface area (Å²) in [5.74, 6) is -0.242. The monoisotopic (exact) mass is 481 g/mol. The van der Waals surface area contributed by atoms with Crippen LogP contribution in [0.4, 0.5) is 5.13 Å². The first kappa shape index (κ1) is 25.3. The Morgan fingerprint density at radius 3 is 2.35 bits per heavy atom. The van der Waals surface area contributed by atoms with Crippen LogP contribution < -0.4 is 4.90 Å². The number of carbonyl (C=O) groups excluding carboxylic acids is 1. The van der Waals surface area contributed by atoms with E-state index >= 15 is 0 Å². The Kier molecular flexibility index (Phi) is 8.21. The van der Waals surface area contributed by atoms with E-state index in [1.165, 1.54) is 23.5 Å². The van der Waals surface area contributed by atoms with Gasteiger partial charge in [-0.05, 0) is 70.2 Å². The second-order valence-electron chi connectivity index (χ2n) is 7.79. The summed E-state index contributed by atoms with van der Waals surface area (Å²) in [4.78, 5) is 22.1. The molecule has 2 aromatic carbocycles. The number of aryl methyl sites for hydroxylation is 2. The van der Waals surface area contributed by atoms with E-state index in [-0.39, 0.29) is 23.2 Å². The Morgan fingerprint density at radius 1 is 1.06 bits per heavy atom. The fourth-order valence-electron chi connectivity index (χ4n) is 3.21. The SMILES string of the molecule is Cc1ccc(C)c2sc(N(CCCN(C)C)C(=O)c3cccc(S(C)(=O)=O)c3)nc12.Cl. The number of rotatable bonds is 7. The van der Waals surface area contributed by atoms with Crippen molar-refractivity contribution in [3.8, 4) is 0 Å². The van der Waals surface area contributed by atoms with Gasteiger partial charge in [0.25, 0.3) is 5.91 Å². The number of sulfone groups is 1. The minimum absolute atomic E-state index is 0. The Labute approximate surface area is 194 Å². The van der Waals surface area contributed by atoms with Gasteiger partial charge in [-0.15, -0.1) is 12.4 Å². The summed E-state index contributed by atoms with van der Waals surface area (Å²) in [7, 11) is 0.585. The van der Waals surface area contributed by atoms with Crippen molar-refractivity contribution in [1.82, 2.24) is 9.88 Å². The molecule has 0 aliphatic heterocycles. The average molecular weight is 482 g/mol. The number of hydrogen-bond donors (Lipinski definition) is 0. The fourth-order valence-corrected chi connectivity index (χ4v) is 5.01. The van der Waals surface area contributed by atoms with Crippen molar-refractivity contribution in [2.24, 2.45) is 0 Å². The van der Waals surface area contributed by atoms with Crippen molar-refractivity contribution in [3.05, 3.63) is 53.1 Å². The Hall–Kier alpha value is -2.00. The van der Waals surface area contributed by atoms with Crippen molar-refractivity contribution in [2.45, 2.75) is 25.2 Å². The minimum atomic E-state index is -3.40.